The smallest absolute Gasteiger partial charge is 0.226 e. The molecule has 1 aromatic carbocycles. The van der Waals surface area contributed by atoms with Gasteiger partial charge in [0.05, 0.1) is 12.1 Å². The van der Waals surface area contributed by atoms with Crippen LogP contribution in [-0.2, 0) is 11.2 Å². The Bertz CT molecular complexity index is 820. The van der Waals surface area contributed by atoms with Gasteiger partial charge in [0.25, 0.3) is 0 Å². The molecule has 0 fully saturated rings. The van der Waals surface area contributed by atoms with E-state index in [9.17, 15) is 4.79 Å². The fourth-order valence-electron chi connectivity index (χ4n) is 2.59. The Balaban J connectivity index is 1.40. The number of nitrogens with zero attached hydrogens (tertiary/aromatic N) is 3. The van der Waals surface area contributed by atoms with Gasteiger partial charge in [0, 0.05) is 49.2 Å². The molecule has 0 unspecified atom stereocenters. The van der Waals surface area contributed by atoms with Crippen LogP contribution in [0.1, 0.15) is 12.1 Å². The van der Waals surface area contributed by atoms with Crippen molar-refractivity contribution >= 4 is 22.9 Å². The van der Waals surface area contributed by atoms with E-state index in [1.165, 1.54) is 17.0 Å². The lowest BCUT2D eigenvalue weighted by Gasteiger charge is -2.19. The minimum absolute atomic E-state index is 0.00963. The predicted octanol–water partition coefficient (Wildman–Crippen LogP) is 3.39. The normalized spacial score (nSPS) is 10.5. The van der Waals surface area contributed by atoms with E-state index in [1.807, 2.05) is 35.7 Å². The molecule has 0 atom stereocenters. The van der Waals surface area contributed by atoms with Crippen LogP contribution in [0.2, 0.25) is 0 Å². The van der Waals surface area contributed by atoms with E-state index in [0.29, 0.717) is 13.0 Å². The number of anilines is 1. The quantitative estimate of drug-likeness (QED) is 0.621. The summed E-state index contributed by atoms with van der Waals surface area (Å²) in [5, 5.41) is 5.80. The SMILES string of the molecule is CN(CCCNC(=O)Cc1csc(-c2cccnc2)n1)c1ccccc1. The van der Waals surface area contributed by atoms with Gasteiger partial charge in [-0.3, -0.25) is 9.78 Å². The zero-order chi connectivity index (χ0) is 18.2. The van der Waals surface area contributed by atoms with Crippen LogP contribution < -0.4 is 10.2 Å². The molecule has 2 aromatic heterocycles. The van der Waals surface area contributed by atoms with Crippen LogP contribution in [0.25, 0.3) is 10.6 Å². The van der Waals surface area contributed by atoms with Gasteiger partial charge < -0.3 is 10.2 Å². The maximum atomic E-state index is 12.1. The van der Waals surface area contributed by atoms with Crippen LogP contribution in [0, 0.1) is 0 Å². The number of rotatable bonds is 8. The van der Waals surface area contributed by atoms with Crippen molar-refractivity contribution in [2.45, 2.75) is 12.8 Å². The molecule has 2 heterocycles. The van der Waals surface area contributed by atoms with Gasteiger partial charge in [0.1, 0.15) is 5.01 Å². The Kier molecular flexibility index (Phi) is 6.33. The third-order valence-corrected chi connectivity index (χ3v) is 4.93. The molecule has 26 heavy (non-hydrogen) atoms. The van der Waals surface area contributed by atoms with E-state index in [0.717, 1.165) is 29.2 Å². The van der Waals surface area contributed by atoms with Crippen LogP contribution in [0.15, 0.2) is 60.2 Å². The Morgan fingerprint density at radius 2 is 2.04 bits per heavy atom. The summed E-state index contributed by atoms with van der Waals surface area (Å²) < 4.78 is 0. The van der Waals surface area contributed by atoms with Crippen molar-refractivity contribution in [3.63, 3.8) is 0 Å². The average molecular weight is 366 g/mol. The molecule has 134 valence electrons. The molecular formula is C20H22N4OS. The van der Waals surface area contributed by atoms with Crippen molar-refractivity contribution in [3.05, 3.63) is 65.9 Å². The number of carbonyl (C=O) groups is 1. The summed E-state index contributed by atoms with van der Waals surface area (Å²) in [7, 11) is 2.06. The number of pyridine rings is 1. The molecule has 0 saturated carbocycles. The Morgan fingerprint density at radius 1 is 1.19 bits per heavy atom. The molecule has 1 N–H and O–H groups in total. The van der Waals surface area contributed by atoms with Gasteiger partial charge in [-0.25, -0.2) is 4.98 Å². The molecule has 0 bridgehead atoms. The van der Waals surface area contributed by atoms with Crippen molar-refractivity contribution in [1.82, 2.24) is 15.3 Å². The number of aromatic nitrogens is 2. The monoisotopic (exact) mass is 366 g/mol. The molecule has 1 amide bonds. The van der Waals surface area contributed by atoms with Crippen molar-refractivity contribution in [1.29, 1.82) is 0 Å². The highest BCUT2D eigenvalue weighted by Gasteiger charge is 2.09. The molecule has 5 nitrogen and oxygen atoms in total. The maximum absolute atomic E-state index is 12.1. The van der Waals surface area contributed by atoms with E-state index in [-0.39, 0.29) is 5.91 Å². The molecule has 3 rings (SSSR count). The standard InChI is InChI=1S/C20H22N4OS/c1-24(18-8-3-2-4-9-18)12-6-11-22-19(25)13-17-15-26-20(23-17)16-7-5-10-21-14-16/h2-5,7-10,14-15H,6,11-13H2,1H3,(H,22,25). The number of thiazole rings is 1. The zero-order valence-corrected chi connectivity index (χ0v) is 15.6. The first kappa shape index (κ1) is 18.1. The average Bonchev–Trinajstić information content (AvgIpc) is 3.15. The molecular weight excluding hydrogens is 344 g/mol. The number of carbonyl (C=O) groups excluding carboxylic acids is 1. The van der Waals surface area contributed by atoms with Crippen molar-refractivity contribution < 1.29 is 4.79 Å². The molecule has 0 aliphatic rings. The summed E-state index contributed by atoms with van der Waals surface area (Å²) in [5.41, 5.74) is 2.96. The van der Waals surface area contributed by atoms with E-state index < -0.39 is 0 Å². The van der Waals surface area contributed by atoms with Crippen LogP contribution >= 0.6 is 11.3 Å². The third-order valence-electron chi connectivity index (χ3n) is 3.99. The van der Waals surface area contributed by atoms with Crippen molar-refractivity contribution in [3.8, 4) is 10.6 Å². The maximum Gasteiger partial charge on any atom is 0.226 e. The Hall–Kier alpha value is -2.73. The second kappa shape index (κ2) is 9.10. The lowest BCUT2D eigenvalue weighted by atomic mass is 10.2. The first-order valence-corrected chi connectivity index (χ1v) is 9.48. The van der Waals surface area contributed by atoms with Crippen molar-refractivity contribution in [2.24, 2.45) is 0 Å². The molecule has 6 heteroatoms. The van der Waals surface area contributed by atoms with E-state index in [1.54, 1.807) is 12.4 Å². The van der Waals surface area contributed by atoms with Gasteiger partial charge in [-0.05, 0) is 30.7 Å². The minimum Gasteiger partial charge on any atom is -0.375 e. The fraction of sp³-hybridized carbons (Fsp3) is 0.250. The molecule has 0 radical (unpaired) electrons. The molecule has 3 aromatic rings. The van der Waals surface area contributed by atoms with Gasteiger partial charge in [0.15, 0.2) is 0 Å². The number of nitrogens with one attached hydrogen (secondary N) is 1. The molecule has 0 spiro atoms. The summed E-state index contributed by atoms with van der Waals surface area (Å²) in [6.07, 6.45) is 4.73. The number of benzene rings is 1. The zero-order valence-electron chi connectivity index (χ0n) is 14.8. The van der Waals surface area contributed by atoms with Gasteiger partial charge >= 0.3 is 0 Å². The topological polar surface area (TPSA) is 58.1 Å². The van der Waals surface area contributed by atoms with Crippen molar-refractivity contribution in [2.75, 3.05) is 25.0 Å². The summed E-state index contributed by atoms with van der Waals surface area (Å²) in [6.45, 7) is 1.56. The lowest BCUT2D eigenvalue weighted by molar-refractivity contribution is -0.120. The highest BCUT2D eigenvalue weighted by molar-refractivity contribution is 7.13. The summed E-state index contributed by atoms with van der Waals surface area (Å²) >= 11 is 1.54. The van der Waals surface area contributed by atoms with E-state index in [2.05, 4.69) is 39.4 Å². The van der Waals surface area contributed by atoms with Crippen LogP contribution in [0.3, 0.4) is 0 Å². The Labute approximate surface area is 157 Å². The fourth-order valence-corrected chi connectivity index (χ4v) is 3.40. The largest absolute Gasteiger partial charge is 0.375 e. The number of hydrogen-bond acceptors (Lipinski definition) is 5. The first-order chi connectivity index (χ1) is 12.7. The van der Waals surface area contributed by atoms with Gasteiger partial charge in [0.2, 0.25) is 5.91 Å². The number of hydrogen-bond donors (Lipinski definition) is 1. The second-order valence-corrected chi connectivity index (χ2v) is 6.88. The highest BCUT2D eigenvalue weighted by atomic mass is 32.1. The predicted molar refractivity (Wildman–Crippen MR) is 106 cm³/mol. The van der Waals surface area contributed by atoms with Crippen LogP contribution in [-0.4, -0.2) is 36.0 Å². The summed E-state index contributed by atoms with van der Waals surface area (Å²) in [6, 6.07) is 14.1. The first-order valence-electron chi connectivity index (χ1n) is 8.60. The highest BCUT2D eigenvalue weighted by Crippen LogP contribution is 2.22. The van der Waals surface area contributed by atoms with E-state index >= 15 is 0 Å². The third kappa shape index (κ3) is 5.13. The number of amides is 1. The molecule has 0 aliphatic carbocycles. The Morgan fingerprint density at radius 3 is 2.81 bits per heavy atom. The van der Waals surface area contributed by atoms with Gasteiger partial charge in [-0.1, -0.05) is 18.2 Å². The van der Waals surface area contributed by atoms with Crippen LogP contribution in [0.5, 0.6) is 0 Å². The summed E-state index contributed by atoms with van der Waals surface area (Å²) in [5.74, 6) is 0.00963. The van der Waals surface area contributed by atoms with E-state index in [4.69, 9.17) is 0 Å². The second-order valence-electron chi connectivity index (χ2n) is 6.02. The summed E-state index contributed by atoms with van der Waals surface area (Å²) in [4.78, 5) is 22.9. The molecule has 0 aliphatic heterocycles. The lowest BCUT2D eigenvalue weighted by Crippen LogP contribution is -2.29. The number of para-hydroxylation sites is 1. The molecule has 0 saturated heterocycles. The van der Waals surface area contributed by atoms with Gasteiger partial charge in [-0.2, -0.15) is 0 Å². The minimum atomic E-state index is 0.00963. The van der Waals surface area contributed by atoms with Crippen LogP contribution in [0.4, 0.5) is 5.69 Å². The van der Waals surface area contributed by atoms with Gasteiger partial charge in [-0.15, -0.1) is 11.3 Å².